The molecule has 4 heteroatoms. The largest absolute Gasteiger partial charge is 0.383 e. The van der Waals surface area contributed by atoms with Gasteiger partial charge < -0.3 is 11.5 Å². The summed E-state index contributed by atoms with van der Waals surface area (Å²) in [4.78, 5) is 16.0. The zero-order valence-electron chi connectivity index (χ0n) is 9.26. The maximum absolute atomic E-state index is 12.1. The minimum absolute atomic E-state index is 0.126. The zero-order valence-corrected chi connectivity index (χ0v) is 9.26. The maximum atomic E-state index is 12.1. The Morgan fingerprint density at radius 1 is 1.18 bits per heavy atom. The summed E-state index contributed by atoms with van der Waals surface area (Å²) < 4.78 is 0. The predicted molar refractivity (Wildman–Crippen MR) is 66.4 cm³/mol. The molecule has 0 aliphatic rings. The van der Waals surface area contributed by atoms with E-state index in [2.05, 4.69) is 4.98 Å². The molecule has 0 atom stereocenters. The second kappa shape index (κ2) is 4.76. The van der Waals surface area contributed by atoms with Gasteiger partial charge in [-0.1, -0.05) is 24.3 Å². The van der Waals surface area contributed by atoms with Crippen LogP contribution in [0.2, 0.25) is 0 Å². The van der Waals surface area contributed by atoms with Gasteiger partial charge in [0.15, 0.2) is 5.78 Å². The minimum atomic E-state index is -0.126. The SMILES string of the molecule is NCc1ccc(C(=O)c2cccnc2N)cc1. The van der Waals surface area contributed by atoms with Gasteiger partial charge in [-0.25, -0.2) is 4.98 Å². The summed E-state index contributed by atoms with van der Waals surface area (Å²) in [7, 11) is 0. The molecule has 4 N–H and O–H groups in total. The van der Waals surface area contributed by atoms with E-state index in [-0.39, 0.29) is 11.6 Å². The van der Waals surface area contributed by atoms with Crippen molar-refractivity contribution in [3.63, 3.8) is 0 Å². The fraction of sp³-hybridized carbons (Fsp3) is 0.0769. The van der Waals surface area contributed by atoms with Crippen molar-refractivity contribution in [1.82, 2.24) is 4.98 Å². The number of rotatable bonds is 3. The normalized spacial score (nSPS) is 10.2. The highest BCUT2D eigenvalue weighted by Gasteiger charge is 2.12. The number of nitrogens with zero attached hydrogens (tertiary/aromatic N) is 1. The van der Waals surface area contributed by atoms with Gasteiger partial charge in [-0.2, -0.15) is 0 Å². The number of nitrogen functional groups attached to an aromatic ring is 1. The molecule has 0 unspecified atom stereocenters. The van der Waals surface area contributed by atoms with Crippen LogP contribution in [-0.2, 0) is 6.54 Å². The first-order valence-corrected chi connectivity index (χ1v) is 5.26. The molecule has 4 nitrogen and oxygen atoms in total. The number of carbonyl (C=O) groups excluding carboxylic acids is 1. The molecule has 0 fully saturated rings. The van der Waals surface area contributed by atoms with E-state index >= 15 is 0 Å². The first-order chi connectivity index (χ1) is 8.22. The molecule has 17 heavy (non-hydrogen) atoms. The van der Waals surface area contributed by atoms with Crippen LogP contribution in [0, 0.1) is 0 Å². The van der Waals surface area contributed by atoms with Crippen molar-refractivity contribution in [2.24, 2.45) is 5.73 Å². The maximum Gasteiger partial charge on any atom is 0.196 e. The molecule has 1 aromatic heterocycles. The van der Waals surface area contributed by atoms with Crippen molar-refractivity contribution in [1.29, 1.82) is 0 Å². The van der Waals surface area contributed by atoms with Crippen molar-refractivity contribution < 1.29 is 4.79 Å². The zero-order chi connectivity index (χ0) is 12.3. The van der Waals surface area contributed by atoms with Crippen LogP contribution in [0.5, 0.6) is 0 Å². The lowest BCUT2D eigenvalue weighted by Gasteiger charge is -2.04. The molecule has 0 amide bonds. The Hall–Kier alpha value is -2.20. The average Bonchev–Trinajstić information content (AvgIpc) is 2.39. The third-order valence-corrected chi connectivity index (χ3v) is 2.53. The fourth-order valence-corrected chi connectivity index (χ4v) is 1.56. The number of hydrogen-bond acceptors (Lipinski definition) is 4. The first-order valence-electron chi connectivity index (χ1n) is 5.26. The van der Waals surface area contributed by atoms with Crippen molar-refractivity contribution in [2.75, 3.05) is 5.73 Å². The Kier molecular flexibility index (Phi) is 3.16. The van der Waals surface area contributed by atoms with Crippen LogP contribution in [0.3, 0.4) is 0 Å². The standard InChI is InChI=1S/C13H13N3O/c14-8-9-3-5-10(6-4-9)12(17)11-2-1-7-16-13(11)15/h1-7H,8,14H2,(H2,15,16). The number of benzene rings is 1. The van der Waals surface area contributed by atoms with Gasteiger partial charge in [0.05, 0.1) is 5.56 Å². The minimum Gasteiger partial charge on any atom is -0.383 e. The van der Waals surface area contributed by atoms with Crippen LogP contribution >= 0.6 is 0 Å². The Morgan fingerprint density at radius 3 is 2.47 bits per heavy atom. The van der Waals surface area contributed by atoms with Crippen molar-refractivity contribution >= 4 is 11.6 Å². The van der Waals surface area contributed by atoms with Gasteiger partial charge in [0.25, 0.3) is 0 Å². The van der Waals surface area contributed by atoms with Gasteiger partial charge in [0.2, 0.25) is 0 Å². The number of carbonyl (C=O) groups is 1. The lowest BCUT2D eigenvalue weighted by atomic mass is 10.0. The molecule has 0 bridgehead atoms. The number of aromatic nitrogens is 1. The molecule has 0 radical (unpaired) electrons. The van der Waals surface area contributed by atoms with Gasteiger partial charge >= 0.3 is 0 Å². The van der Waals surface area contributed by atoms with Crippen molar-refractivity contribution in [2.45, 2.75) is 6.54 Å². The second-order valence-electron chi connectivity index (χ2n) is 3.67. The molecular weight excluding hydrogens is 214 g/mol. The van der Waals surface area contributed by atoms with Crippen LogP contribution in [-0.4, -0.2) is 10.8 Å². The third-order valence-electron chi connectivity index (χ3n) is 2.53. The summed E-state index contributed by atoms with van der Waals surface area (Å²) in [5.41, 5.74) is 13.2. The average molecular weight is 227 g/mol. The molecule has 0 aliphatic carbocycles. The van der Waals surface area contributed by atoms with Crippen molar-refractivity contribution in [3.8, 4) is 0 Å². The van der Waals surface area contributed by atoms with E-state index in [0.717, 1.165) is 5.56 Å². The summed E-state index contributed by atoms with van der Waals surface area (Å²) in [5.74, 6) is 0.125. The Bertz CT molecular complexity index is 535. The molecule has 1 heterocycles. The van der Waals surface area contributed by atoms with Crippen LogP contribution < -0.4 is 11.5 Å². The summed E-state index contributed by atoms with van der Waals surface area (Å²) in [5, 5.41) is 0. The molecule has 0 spiro atoms. The lowest BCUT2D eigenvalue weighted by Crippen LogP contribution is -2.07. The molecule has 86 valence electrons. The van der Waals surface area contributed by atoms with E-state index < -0.39 is 0 Å². The first kappa shape index (κ1) is 11.3. The summed E-state index contributed by atoms with van der Waals surface area (Å²) in [6.45, 7) is 0.462. The van der Waals surface area contributed by atoms with Crippen molar-refractivity contribution in [3.05, 3.63) is 59.3 Å². The molecule has 0 aliphatic heterocycles. The van der Waals surface area contributed by atoms with Crippen LogP contribution in [0.15, 0.2) is 42.6 Å². The molecule has 0 saturated heterocycles. The van der Waals surface area contributed by atoms with Gasteiger partial charge in [-0.15, -0.1) is 0 Å². The second-order valence-corrected chi connectivity index (χ2v) is 3.67. The summed E-state index contributed by atoms with van der Waals surface area (Å²) >= 11 is 0. The number of nitrogens with two attached hydrogens (primary N) is 2. The van der Waals surface area contributed by atoms with E-state index in [0.29, 0.717) is 17.7 Å². The molecular formula is C13H13N3O. The Balaban J connectivity index is 2.34. The molecule has 1 aromatic carbocycles. The quantitative estimate of drug-likeness (QED) is 0.775. The molecule has 2 aromatic rings. The highest BCUT2D eigenvalue weighted by atomic mass is 16.1. The molecule has 2 rings (SSSR count). The van der Waals surface area contributed by atoms with Crippen LogP contribution in [0.25, 0.3) is 0 Å². The van der Waals surface area contributed by atoms with E-state index in [4.69, 9.17) is 11.5 Å². The van der Waals surface area contributed by atoms with E-state index in [1.807, 2.05) is 12.1 Å². The number of anilines is 1. The monoisotopic (exact) mass is 227 g/mol. The van der Waals surface area contributed by atoms with E-state index in [1.54, 1.807) is 30.5 Å². The summed E-state index contributed by atoms with van der Waals surface area (Å²) in [6, 6.07) is 10.5. The van der Waals surface area contributed by atoms with E-state index in [9.17, 15) is 4.79 Å². The van der Waals surface area contributed by atoms with Gasteiger partial charge in [-0.05, 0) is 17.7 Å². The van der Waals surface area contributed by atoms with E-state index in [1.165, 1.54) is 0 Å². The third kappa shape index (κ3) is 2.32. The highest BCUT2D eigenvalue weighted by molar-refractivity contribution is 6.11. The number of hydrogen-bond donors (Lipinski definition) is 2. The highest BCUT2D eigenvalue weighted by Crippen LogP contribution is 2.14. The van der Waals surface area contributed by atoms with Gasteiger partial charge in [-0.3, -0.25) is 4.79 Å². The fourth-order valence-electron chi connectivity index (χ4n) is 1.56. The predicted octanol–water partition coefficient (Wildman–Crippen LogP) is 1.35. The topological polar surface area (TPSA) is 82.0 Å². The van der Waals surface area contributed by atoms with Gasteiger partial charge in [0, 0.05) is 18.3 Å². The van der Waals surface area contributed by atoms with Crippen LogP contribution in [0.4, 0.5) is 5.82 Å². The summed E-state index contributed by atoms with van der Waals surface area (Å²) in [6.07, 6.45) is 1.56. The Morgan fingerprint density at radius 2 is 1.88 bits per heavy atom. The number of pyridine rings is 1. The van der Waals surface area contributed by atoms with Crippen LogP contribution in [0.1, 0.15) is 21.5 Å². The Labute approximate surface area is 99.3 Å². The smallest absolute Gasteiger partial charge is 0.196 e. The van der Waals surface area contributed by atoms with Gasteiger partial charge in [0.1, 0.15) is 5.82 Å². The molecule has 0 saturated carbocycles. The lowest BCUT2D eigenvalue weighted by molar-refractivity contribution is 0.103. The number of ketones is 1.